The molecule has 1 N–H and O–H groups in total. The molecule has 0 aromatic rings. The minimum Gasteiger partial charge on any atom is -0.308 e. The van der Waals surface area contributed by atoms with E-state index < -0.39 is 12.0 Å². The van der Waals surface area contributed by atoms with Crippen molar-refractivity contribution in [2.75, 3.05) is 27.2 Å². The fourth-order valence-corrected chi connectivity index (χ4v) is 1.30. The minimum atomic E-state index is -2.51. The monoisotopic (exact) mass is 164 g/mol. The molecule has 0 spiro atoms. The maximum absolute atomic E-state index is 12.9. The molecule has 11 heavy (non-hydrogen) atoms. The molecule has 1 rings (SSSR count). The van der Waals surface area contributed by atoms with Crippen molar-refractivity contribution >= 4 is 0 Å². The first-order valence-electron chi connectivity index (χ1n) is 3.78. The second-order valence-corrected chi connectivity index (χ2v) is 3.28. The van der Waals surface area contributed by atoms with Crippen LogP contribution in [0.15, 0.2) is 0 Å². The van der Waals surface area contributed by atoms with Gasteiger partial charge in [-0.15, -0.1) is 0 Å². The zero-order valence-corrected chi connectivity index (χ0v) is 6.90. The van der Waals surface area contributed by atoms with Gasteiger partial charge in [-0.3, -0.25) is 0 Å². The summed E-state index contributed by atoms with van der Waals surface area (Å²) in [4.78, 5) is 1.77. The number of likely N-dealkylation sites (N-methyl/N-ethyl adjacent to an activating group) is 1. The summed E-state index contributed by atoms with van der Waals surface area (Å²) >= 11 is 0. The highest BCUT2D eigenvalue weighted by molar-refractivity contribution is 4.91. The predicted octanol–water partition coefficient (Wildman–Crippen LogP) is 0.545. The molecular weight excluding hydrogens is 150 g/mol. The van der Waals surface area contributed by atoms with Crippen LogP contribution in [0.4, 0.5) is 8.78 Å². The van der Waals surface area contributed by atoms with E-state index in [1.807, 2.05) is 0 Å². The molecule has 0 aliphatic carbocycles. The summed E-state index contributed by atoms with van der Waals surface area (Å²) in [6, 6.07) is -0.655. The van der Waals surface area contributed by atoms with E-state index in [2.05, 4.69) is 5.32 Å². The first-order valence-corrected chi connectivity index (χ1v) is 3.78. The third-order valence-electron chi connectivity index (χ3n) is 1.91. The van der Waals surface area contributed by atoms with Crippen molar-refractivity contribution in [1.29, 1.82) is 0 Å². The lowest BCUT2D eigenvalue weighted by Crippen LogP contribution is -2.43. The Morgan fingerprint density at radius 2 is 2.18 bits per heavy atom. The van der Waals surface area contributed by atoms with Crippen LogP contribution in [0.25, 0.3) is 0 Å². The van der Waals surface area contributed by atoms with Gasteiger partial charge < -0.3 is 10.2 Å². The van der Waals surface area contributed by atoms with Gasteiger partial charge in [-0.25, -0.2) is 8.78 Å². The fourth-order valence-electron chi connectivity index (χ4n) is 1.30. The zero-order chi connectivity index (χ0) is 8.48. The van der Waals surface area contributed by atoms with E-state index in [0.717, 1.165) is 0 Å². The van der Waals surface area contributed by atoms with Crippen LogP contribution in [0.2, 0.25) is 0 Å². The van der Waals surface area contributed by atoms with Gasteiger partial charge in [0.2, 0.25) is 0 Å². The van der Waals surface area contributed by atoms with Crippen LogP contribution < -0.4 is 5.32 Å². The number of nitrogens with one attached hydrogen (secondary N) is 1. The average Bonchev–Trinajstić information content (AvgIpc) is 2.10. The molecule has 0 amide bonds. The van der Waals surface area contributed by atoms with Gasteiger partial charge in [-0.1, -0.05) is 0 Å². The Kier molecular flexibility index (Phi) is 2.44. The first kappa shape index (κ1) is 8.87. The molecule has 1 unspecified atom stereocenters. The maximum atomic E-state index is 12.9. The van der Waals surface area contributed by atoms with Gasteiger partial charge in [0.1, 0.15) is 0 Å². The van der Waals surface area contributed by atoms with Crippen LogP contribution in [-0.2, 0) is 0 Å². The Morgan fingerprint density at radius 3 is 2.55 bits per heavy atom. The Hall–Kier alpha value is -0.220. The Balaban J connectivity index is 2.45. The van der Waals surface area contributed by atoms with Crippen molar-refractivity contribution in [3.63, 3.8) is 0 Å². The second kappa shape index (κ2) is 3.03. The van der Waals surface area contributed by atoms with E-state index in [1.54, 1.807) is 19.0 Å². The first-order chi connectivity index (χ1) is 5.02. The molecule has 2 nitrogen and oxygen atoms in total. The zero-order valence-electron chi connectivity index (χ0n) is 6.90. The standard InChI is InChI=1S/C7H14F2N2/c1-11(2)5-6-7(8,9)3-4-10-6/h6,10H,3-5H2,1-2H3. The lowest BCUT2D eigenvalue weighted by Gasteiger charge is -2.22. The summed E-state index contributed by atoms with van der Waals surface area (Å²) < 4.78 is 25.8. The molecule has 66 valence electrons. The van der Waals surface area contributed by atoms with E-state index in [1.165, 1.54) is 0 Å². The van der Waals surface area contributed by atoms with Gasteiger partial charge in [0.25, 0.3) is 5.92 Å². The lowest BCUT2D eigenvalue weighted by molar-refractivity contribution is -0.0171. The van der Waals surface area contributed by atoms with Crippen LogP contribution in [0, 0.1) is 0 Å². The summed E-state index contributed by atoms with van der Waals surface area (Å²) in [5.41, 5.74) is 0. The molecule has 1 saturated heterocycles. The Morgan fingerprint density at radius 1 is 1.55 bits per heavy atom. The number of hydrogen-bond acceptors (Lipinski definition) is 2. The van der Waals surface area contributed by atoms with E-state index in [-0.39, 0.29) is 6.42 Å². The predicted molar refractivity (Wildman–Crippen MR) is 39.9 cm³/mol. The third-order valence-corrected chi connectivity index (χ3v) is 1.91. The van der Waals surface area contributed by atoms with Gasteiger partial charge in [0.05, 0.1) is 6.04 Å². The molecule has 1 aliphatic heterocycles. The maximum Gasteiger partial charge on any atom is 0.265 e. The van der Waals surface area contributed by atoms with Gasteiger partial charge in [-0.2, -0.15) is 0 Å². The van der Waals surface area contributed by atoms with Crippen LogP contribution in [-0.4, -0.2) is 44.0 Å². The summed E-state index contributed by atoms with van der Waals surface area (Å²) in [6.45, 7) is 0.846. The molecule has 0 bridgehead atoms. The van der Waals surface area contributed by atoms with Gasteiger partial charge in [0, 0.05) is 19.5 Å². The number of nitrogens with zero attached hydrogens (tertiary/aromatic N) is 1. The number of hydrogen-bond donors (Lipinski definition) is 1. The highest BCUT2D eigenvalue weighted by Gasteiger charge is 2.43. The van der Waals surface area contributed by atoms with Crippen LogP contribution >= 0.6 is 0 Å². The summed E-state index contributed by atoms with van der Waals surface area (Å²) in [7, 11) is 3.60. The summed E-state index contributed by atoms with van der Waals surface area (Å²) in [6.07, 6.45) is -0.0223. The van der Waals surface area contributed by atoms with Crippen molar-refractivity contribution in [2.24, 2.45) is 0 Å². The molecular formula is C7H14F2N2. The highest BCUT2D eigenvalue weighted by Crippen LogP contribution is 2.27. The van der Waals surface area contributed by atoms with Crippen LogP contribution in [0.5, 0.6) is 0 Å². The van der Waals surface area contributed by atoms with Crippen LogP contribution in [0.3, 0.4) is 0 Å². The third kappa shape index (κ3) is 2.10. The molecule has 0 aromatic heterocycles. The van der Waals surface area contributed by atoms with E-state index in [0.29, 0.717) is 13.1 Å². The summed E-state index contributed by atoms with van der Waals surface area (Å²) in [5.74, 6) is -2.51. The lowest BCUT2D eigenvalue weighted by atomic mass is 10.1. The molecule has 4 heteroatoms. The summed E-state index contributed by atoms with van der Waals surface area (Å²) in [5, 5.41) is 2.79. The quantitative estimate of drug-likeness (QED) is 0.641. The molecule has 0 radical (unpaired) electrons. The van der Waals surface area contributed by atoms with Gasteiger partial charge in [0.15, 0.2) is 0 Å². The van der Waals surface area contributed by atoms with E-state index >= 15 is 0 Å². The normalized spacial score (nSPS) is 29.7. The van der Waals surface area contributed by atoms with Crippen molar-refractivity contribution in [2.45, 2.75) is 18.4 Å². The molecule has 1 fully saturated rings. The number of alkyl halides is 2. The average molecular weight is 164 g/mol. The van der Waals surface area contributed by atoms with Crippen molar-refractivity contribution in [1.82, 2.24) is 10.2 Å². The molecule has 1 heterocycles. The van der Waals surface area contributed by atoms with E-state index in [4.69, 9.17) is 0 Å². The molecule has 0 aromatic carbocycles. The molecule has 0 saturated carbocycles. The van der Waals surface area contributed by atoms with Crippen molar-refractivity contribution < 1.29 is 8.78 Å². The smallest absolute Gasteiger partial charge is 0.265 e. The SMILES string of the molecule is CN(C)CC1NCCC1(F)F. The van der Waals surface area contributed by atoms with Crippen LogP contribution in [0.1, 0.15) is 6.42 Å². The van der Waals surface area contributed by atoms with Gasteiger partial charge >= 0.3 is 0 Å². The second-order valence-electron chi connectivity index (χ2n) is 3.28. The number of rotatable bonds is 2. The van der Waals surface area contributed by atoms with E-state index in [9.17, 15) is 8.78 Å². The van der Waals surface area contributed by atoms with Gasteiger partial charge in [-0.05, 0) is 14.1 Å². The highest BCUT2D eigenvalue weighted by atomic mass is 19.3. The molecule has 1 aliphatic rings. The topological polar surface area (TPSA) is 15.3 Å². The largest absolute Gasteiger partial charge is 0.308 e. The Bertz CT molecular complexity index is 136. The molecule has 1 atom stereocenters. The van der Waals surface area contributed by atoms with Crippen molar-refractivity contribution in [3.8, 4) is 0 Å². The minimum absolute atomic E-state index is 0.0223. The number of halogens is 2. The Labute approximate surface area is 65.6 Å². The fraction of sp³-hybridized carbons (Fsp3) is 1.00. The van der Waals surface area contributed by atoms with Crippen molar-refractivity contribution in [3.05, 3.63) is 0 Å².